The number of nitrogens with one attached hydrogen (secondary N) is 1. The molecule has 1 aromatic rings. The molecule has 4 atom stereocenters. The Labute approximate surface area is 142 Å². The Morgan fingerprint density at radius 2 is 1.57 bits per heavy atom. The Morgan fingerprint density at radius 1 is 0.957 bits per heavy atom. The van der Waals surface area contributed by atoms with Crippen LogP contribution in [-0.2, 0) is 6.54 Å². The number of hydrogen-bond donors (Lipinski definition) is 1. The van der Waals surface area contributed by atoms with Gasteiger partial charge in [0.25, 0.3) is 0 Å². The van der Waals surface area contributed by atoms with Crippen LogP contribution in [-0.4, -0.2) is 5.54 Å². The molecule has 0 aromatic heterocycles. The highest BCUT2D eigenvalue weighted by Gasteiger charge is 2.59. The molecule has 0 radical (unpaired) electrons. The molecule has 4 saturated carbocycles. The van der Waals surface area contributed by atoms with E-state index in [0.29, 0.717) is 22.3 Å². The van der Waals surface area contributed by atoms with Crippen molar-refractivity contribution in [2.45, 2.75) is 84.2 Å². The molecular weight excluding hydrogens is 278 g/mol. The fourth-order valence-electron chi connectivity index (χ4n) is 6.95. The first-order chi connectivity index (χ1) is 10.8. The van der Waals surface area contributed by atoms with Gasteiger partial charge in [0.15, 0.2) is 0 Å². The lowest BCUT2D eigenvalue weighted by Crippen LogP contribution is -2.63. The highest BCUT2D eigenvalue weighted by Crippen LogP contribution is 2.66. The molecule has 0 heterocycles. The fourth-order valence-corrected chi connectivity index (χ4v) is 6.95. The zero-order valence-electron chi connectivity index (χ0n) is 15.4. The Morgan fingerprint density at radius 3 is 2.09 bits per heavy atom. The van der Waals surface area contributed by atoms with Crippen LogP contribution in [0.4, 0.5) is 0 Å². The van der Waals surface area contributed by atoms with Gasteiger partial charge in [0, 0.05) is 12.1 Å². The molecule has 0 amide bonds. The standard InChI is InChI=1S/C22H33N/c1-16(2)19-7-5-17(6-8-19)12-23-22-11-18-9-20(3,14-22)13-21(4,10-18)15-22/h5-8,16,18,23H,9-15H2,1-4H3/t18?,20-,21+,22?. The molecule has 126 valence electrons. The smallest absolute Gasteiger partial charge is 0.0210 e. The largest absolute Gasteiger partial charge is 0.307 e. The van der Waals surface area contributed by atoms with Crippen LogP contribution in [0.5, 0.6) is 0 Å². The Bertz CT molecular complexity index is 566. The molecule has 4 bridgehead atoms. The highest BCUT2D eigenvalue weighted by molar-refractivity contribution is 5.25. The fraction of sp³-hybridized carbons (Fsp3) is 0.727. The molecular formula is C22H33N. The molecule has 4 aliphatic carbocycles. The van der Waals surface area contributed by atoms with Crippen molar-refractivity contribution in [2.75, 3.05) is 0 Å². The Hall–Kier alpha value is -0.820. The molecule has 0 saturated heterocycles. The summed E-state index contributed by atoms with van der Waals surface area (Å²) in [7, 11) is 0. The molecule has 1 N–H and O–H groups in total. The van der Waals surface area contributed by atoms with Crippen LogP contribution in [0.2, 0.25) is 0 Å². The van der Waals surface area contributed by atoms with E-state index < -0.39 is 0 Å². The molecule has 5 rings (SSSR count). The van der Waals surface area contributed by atoms with Crippen LogP contribution in [0.1, 0.15) is 83.3 Å². The zero-order chi connectivity index (χ0) is 16.3. The summed E-state index contributed by atoms with van der Waals surface area (Å²) in [5, 5.41) is 4.04. The minimum Gasteiger partial charge on any atom is -0.307 e. The van der Waals surface area contributed by atoms with Crippen molar-refractivity contribution < 1.29 is 0 Å². The van der Waals surface area contributed by atoms with Crippen LogP contribution in [0.3, 0.4) is 0 Å². The van der Waals surface area contributed by atoms with Crippen molar-refractivity contribution in [2.24, 2.45) is 16.7 Å². The van der Waals surface area contributed by atoms with Crippen LogP contribution in [0, 0.1) is 16.7 Å². The van der Waals surface area contributed by atoms with Crippen LogP contribution < -0.4 is 5.32 Å². The topological polar surface area (TPSA) is 12.0 Å². The second-order valence-corrected chi connectivity index (χ2v) is 10.2. The van der Waals surface area contributed by atoms with E-state index in [1.165, 1.54) is 49.7 Å². The average molecular weight is 312 g/mol. The number of benzene rings is 1. The van der Waals surface area contributed by atoms with Gasteiger partial charge in [-0.05, 0) is 72.3 Å². The van der Waals surface area contributed by atoms with Gasteiger partial charge in [-0.15, -0.1) is 0 Å². The van der Waals surface area contributed by atoms with Crippen LogP contribution in [0.25, 0.3) is 0 Å². The lowest BCUT2D eigenvalue weighted by molar-refractivity contribution is -0.118. The first kappa shape index (κ1) is 15.7. The van der Waals surface area contributed by atoms with Gasteiger partial charge in [0.1, 0.15) is 0 Å². The summed E-state index contributed by atoms with van der Waals surface area (Å²) < 4.78 is 0. The van der Waals surface area contributed by atoms with E-state index in [1.54, 1.807) is 0 Å². The van der Waals surface area contributed by atoms with Gasteiger partial charge < -0.3 is 5.32 Å². The van der Waals surface area contributed by atoms with Crippen LogP contribution in [0.15, 0.2) is 24.3 Å². The summed E-state index contributed by atoms with van der Waals surface area (Å²) in [6.07, 6.45) is 8.64. The van der Waals surface area contributed by atoms with E-state index >= 15 is 0 Å². The summed E-state index contributed by atoms with van der Waals surface area (Å²) >= 11 is 0. The molecule has 0 aliphatic heterocycles. The second-order valence-electron chi connectivity index (χ2n) is 10.2. The molecule has 1 nitrogen and oxygen atoms in total. The Kier molecular flexibility index (Phi) is 3.47. The third-order valence-corrected chi connectivity index (χ3v) is 6.94. The van der Waals surface area contributed by atoms with E-state index in [1.807, 2.05) is 0 Å². The summed E-state index contributed by atoms with van der Waals surface area (Å²) in [6, 6.07) is 9.27. The number of rotatable bonds is 4. The van der Waals surface area contributed by atoms with Gasteiger partial charge in [-0.25, -0.2) is 0 Å². The number of hydrogen-bond acceptors (Lipinski definition) is 1. The van der Waals surface area contributed by atoms with Gasteiger partial charge >= 0.3 is 0 Å². The van der Waals surface area contributed by atoms with Crippen molar-refractivity contribution in [1.82, 2.24) is 5.32 Å². The van der Waals surface area contributed by atoms with Crippen molar-refractivity contribution >= 4 is 0 Å². The van der Waals surface area contributed by atoms with E-state index in [2.05, 4.69) is 57.3 Å². The van der Waals surface area contributed by atoms with Gasteiger partial charge in [-0.3, -0.25) is 0 Å². The molecule has 4 aliphatic rings. The molecule has 0 spiro atoms. The molecule has 1 heteroatoms. The van der Waals surface area contributed by atoms with E-state index in [0.717, 1.165) is 12.5 Å². The van der Waals surface area contributed by atoms with Gasteiger partial charge in [-0.2, -0.15) is 0 Å². The van der Waals surface area contributed by atoms with Crippen molar-refractivity contribution in [3.63, 3.8) is 0 Å². The lowest BCUT2D eigenvalue weighted by atomic mass is 9.43. The quantitative estimate of drug-likeness (QED) is 0.757. The summed E-state index contributed by atoms with van der Waals surface area (Å²) in [5.41, 5.74) is 4.51. The van der Waals surface area contributed by atoms with E-state index in [9.17, 15) is 0 Å². The summed E-state index contributed by atoms with van der Waals surface area (Å²) in [4.78, 5) is 0. The van der Waals surface area contributed by atoms with Crippen LogP contribution >= 0.6 is 0 Å². The molecule has 4 fully saturated rings. The van der Waals surface area contributed by atoms with E-state index in [4.69, 9.17) is 0 Å². The summed E-state index contributed by atoms with van der Waals surface area (Å²) in [6.45, 7) is 10.7. The highest BCUT2D eigenvalue weighted by atomic mass is 15.0. The van der Waals surface area contributed by atoms with Gasteiger partial charge in [-0.1, -0.05) is 52.0 Å². The SMILES string of the molecule is CC(C)c1ccc(CNC23CC4C[C@@](C)(C2)C[C@](C)(C4)C3)cc1. The van der Waals surface area contributed by atoms with Gasteiger partial charge in [0.2, 0.25) is 0 Å². The lowest BCUT2D eigenvalue weighted by Gasteiger charge is -2.65. The molecule has 23 heavy (non-hydrogen) atoms. The third kappa shape index (κ3) is 2.86. The minimum atomic E-state index is 0.416. The maximum atomic E-state index is 4.04. The maximum Gasteiger partial charge on any atom is 0.0210 e. The zero-order valence-corrected chi connectivity index (χ0v) is 15.4. The predicted octanol–water partition coefficient (Wildman–Crippen LogP) is 5.65. The van der Waals surface area contributed by atoms with E-state index in [-0.39, 0.29) is 0 Å². The van der Waals surface area contributed by atoms with Crippen molar-refractivity contribution in [3.8, 4) is 0 Å². The Balaban J connectivity index is 1.48. The minimum absolute atomic E-state index is 0.416. The summed E-state index contributed by atoms with van der Waals surface area (Å²) in [5.74, 6) is 1.59. The first-order valence-electron chi connectivity index (χ1n) is 9.63. The van der Waals surface area contributed by atoms with Gasteiger partial charge in [0.05, 0.1) is 0 Å². The third-order valence-electron chi connectivity index (χ3n) is 6.94. The monoisotopic (exact) mass is 311 g/mol. The van der Waals surface area contributed by atoms with Crippen molar-refractivity contribution in [3.05, 3.63) is 35.4 Å². The predicted molar refractivity (Wildman–Crippen MR) is 97.5 cm³/mol. The molecule has 2 unspecified atom stereocenters. The second kappa shape index (κ2) is 5.09. The molecule has 1 aromatic carbocycles. The van der Waals surface area contributed by atoms with Crippen molar-refractivity contribution in [1.29, 1.82) is 0 Å². The normalized spacial score (nSPS) is 41.7. The first-order valence-corrected chi connectivity index (χ1v) is 9.63. The maximum absolute atomic E-state index is 4.04. The average Bonchev–Trinajstić information content (AvgIpc) is 2.42.